The molecule has 20 heavy (non-hydrogen) atoms. The van der Waals surface area contributed by atoms with Crippen LogP contribution in [0, 0.1) is 5.92 Å². The molecule has 0 aliphatic carbocycles. The molecule has 1 unspecified atom stereocenters. The van der Waals surface area contributed by atoms with Crippen LogP contribution in [0.4, 0.5) is 0 Å². The Morgan fingerprint density at radius 3 is 2.90 bits per heavy atom. The maximum atomic E-state index is 12.3. The number of sulfonamides is 1. The Labute approximate surface area is 126 Å². The van der Waals surface area contributed by atoms with Crippen LogP contribution in [0.3, 0.4) is 0 Å². The van der Waals surface area contributed by atoms with E-state index in [4.69, 9.17) is 11.6 Å². The van der Waals surface area contributed by atoms with E-state index in [1.54, 1.807) is 11.6 Å². The third-order valence-corrected chi connectivity index (χ3v) is 5.26. The summed E-state index contributed by atoms with van der Waals surface area (Å²) in [6, 6.07) is 0. The summed E-state index contributed by atoms with van der Waals surface area (Å²) in [4.78, 5) is 4.49. The highest BCUT2D eigenvalue weighted by atomic mass is 35.5. The number of aliphatic hydroxyl groups excluding tert-OH is 1. The number of rotatable bonds is 6. The Bertz CT molecular complexity index is 693. The van der Waals surface area contributed by atoms with Crippen molar-refractivity contribution >= 4 is 37.9 Å². The highest BCUT2D eigenvalue weighted by molar-refractivity contribution is 7.89. The van der Waals surface area contributed by atoms with Gasteiger partial charge in [-0.15, -0.1) is 11.3 Å². The van der Waals surface area contributed by atoms with E-state index >= 15 is 0 Å². The molecule has 0 amide bonds. The Balaban J connectivity index is 2.18. The maximum absolute atomic E-state index is 12.3. The van der Waals surface area contributed by atoms with E-state index in [9.17, 15) is 13.5 Å². The van der Waals surface area contributed by atoms with E-state index in [1.807, 2.05) is 13.8 Å². The number of hydrogen-bond acceptors (Lipinski definition) is 5. The first-order valence-electron chi connectivity index (χ1n) is 6.10. The molecule has 0 bridgehead atoms. The van der Waals surface area contributed by atoms with Gasteiger partial charge in [0, 0.05) is 18.1 Å². The van der Waals surface area contributed by atoms with Gasteiger partial charge in [0.15, 0.2) is 15.1 Å². The molecule has 0 saturated heterocycles. The van der Waals surface area contributed by atoms with Gasteiger partial charge in [-0.25, -0.2) is 18.1 Å². The van der Waals surface area contributed by atoms with E-state index in [1.165, 1.54) is 15.7 Å². The lowest BCUT2D eigenvalue weighted by atomic mass is 10.1. The molecule has 0 fully saturated rings. The first-order chi connectivity index (χ1) is 9.31. The summed E-state index contributed by atoms with van der Waals surface area (Å²) < 4.78 is 28.3. The highest BCUT2D eigenvalue weighted by Gasteiger charge is 2.25. The molecular weight excluding hydrogens is 322 g/mol. The van der Waals surface area contributed by atoms with Gasteiger partial charge in [-0.05, 0) is 12.3 Å². The zero-order chi connectivity index (χ0) is 14.9. The van der Waals surface area contributed by atoms with E-state index in [0.29, 0.717) is 11.4 Å². The Morgan fingerprint density at radius 2 is 2.25 bits per heavy atom. The fourth-order valence-corrected chi connectivity index (χ4v) is 4.40. The van der Waals surface area contributed by atoms with Gasteiger partial charge in [-0.3, -0.25) is 4.40 Å². The maximum Gasteiger partial charge on any atom is 0.259 e. The van der Waals surface area contributed by atoms with E-state index in [-0.39, 0.29) is 22.6 Å². The molecule has 2 rings (SSSR count). The van der Waals surface area contributed by atoms with Crippen molar-refractivity contribution in [2.24, 2.45) is 5.92 Å². The summed E-state index contributed by atoms with van der Waals surface area (Å²) in [5, 5.41) is 11.3. The zero-order valence-corrected chi connectivity index (χ0v) is 13.5. The molecule has 0 radical (unpaired) electrons. The molecule has 0 aromatic carbocycles. The average Bonchev–Trinajstić information content (AvgIpc) is 2.84. The number of fused-ring (bicyclic) bond motifs is 1. The summed E-state index contributed by atoms with van der Waals surface area (Å²) in [6.07, 6.45) is 1.39. The van der Waals surface area contributed by atoms with Crippen LogP contribution in [0.1, 0.15) is 20.3 Å². The van der Waals surface area contributed by atoms with Gasteiger partial charge in [0.2, 0.25) is 0 Å². The normalized spacial score (nSPS) is 14.2. The minimum atomic E-state index is -3.81. The molecule has 112 valence electrons. The minimum Gasteiger partial charge on any atom is -0.392 e. The minimum absolute atomic E-state index is 0.0474. The smallest absolute Gasteiger partial charge is 0.259 e. The molecule has 6 nitrogen and oxygen atoms in total. The van der Waals surface area contributed by atoms with Crippen molar-refractivity contribution in [3.8, 4) is 0 Å². The van der Waals surface area contributed by atoms with Gasteiger partial charge in [0.1, 0.15) is 0 Å². The van der Waals surface area contributed by atoms with E-state index in [2.05, 4.69) is 9.71 Å². The van der Waals surface area contributed by atoms with Gasteiger partial charge in [0.05, 0.1) is 6.10 Å². The van der Waals surface area contributed by atoms with Crippen LogP contribution in [0.5, 0.6) is 0 Å². The van der Waals surface area contributed by atoms with Crippen molar-refractivity contribution in [1.29, 1.82) is 0 Å². The Kier molecular flexibility index (Phi) is 4.70. The van der Waals surface area contributed by atoms with Crippen LogP contribution in [0.25, 0.3) is 4.96 Å². The topological polar surface area (TPSA) is 83.7 Å². The molecule has 2 heterocycles. The summed E-state index contributed by atoms with van der Waals surface area (Å²) in [5.41, 5.74) is 0. The van der Waals surface area contributed by atoms with Gasteiger partial charge in [-0.2, -0.15) is 0 Å². The van der Waals surface area contributed by atoms with Gasteiger partial charge in [-0.1, -0.05) is 25.4 Å². The predicted octanol–water partition coefficient (Wildman–Crippen LogP) is 1.73. The lowest BCUT2D eigenvalue weighted by Crippen LogP contribution is -2.33. The second-order valence-electron chi connectivity index (χ2n) is 4.90. The highest BCUT2D eigenvalue weighted by Crippen LogP contribution is 2.25. The predicted molar refractivity (Wildman–Crippen MR) is 78.7 cm³/mol. The summed E-state index contributed by atoms with van der Waals surface area (Å²) in [5.74, 6) is 0.289. The van der Waals surface area contributed by atoms with Crippen molar-refractivity contribution in [1.82, 2.24) is 14.1 Å². The molecular formula is C11H16ClN3O3S2. The van der Waals surface area contributed by atoms with Gasteiger partial charge in [0.25, 0.3) is 10.0 Å². The molecule has 0 saturated carbocycles. The standard InChI is InChI=1S/C11H16ClN3O3S2/c1-7(2)5-8(16)6-13-20(17,18)10-9(12)14-11-15(10)3-4-19-11/h3-4,7-8,13,16H,5-6H2,1-2H3. The number of aliphatic hydroxyl groups is 1. The van der Waals surface area contributed by atoms with Gasteiger partial charge >= 0.3 is 0 Å². The lowest BCUT2D eigenvalue weighted by Gasteiger charge is -2.13. The van der Waals surface area contributed by atoms with Crippen molar-refractivity contribution in [3.63, 3.8) is 0 Å². The largest absolute Gasteiger partial charge is 0.392 e. The Hall–Kier alpha value is -0.670. The average molecular weight is 338 g/mol. The first kappa shape index (κ1) is 15.7. The van der Waals surface area contributed by atoms with E-state index < -0.39 is 16.1 Å². The molecule has 0 aliphatic rings. The third-order valence-electron chi connectivity index (χ3n) is 2.69. The molecule has 1 atom stereocenters. The van der Waals surface area contributed by atoms with Crippen molar-refractivity contribution in [3.05, 3.63) is 16.7 Å². The number of nitrogens with one attached hydrogen (secondary N) is 1. The lowest BCUT2D eigenvalue weighted by molar-refractivity contribution is 0.152. The second kappa shape index (κ2) is 5.98. The number of nitrogens with zero attached hydrogens (tertiary/aromatic N) is 2. The second-order valence-corrected chi connectivity index (χ2v) is 7.81. The van der Waals surface area contributed by atoms with Crippen molar-refractivity contribution < 1.29 is 13.5 Å². The van der Waals surface area contributed by atoms with Crippen LogP contribution < -0.4 is 4.72 Å². The molecule has 2 aromatic rings. The zero-order valence-electron chi connectivity index (χ0n) is 11.1. The summed E-state index contributed by atoms with van der Waals surface area (Å²) in [6.45, 7) is 3.87. The summed E-state index contributed by atoms with van der Waals surface area (Å²) in [7, 11) is -3.81. The number of hydrogen-bond donors (Lipinski definition) is 2. The monoisotopic (exact) mass is 337 g/mol. The Morgan fingerprint density at radius 1 is 1.55 bits per heavy atom. The molecule has 0 aliphatic heterocycles. The molecule has 0 spiro atoms. The molecule has 2 N–H and O–H groups in total. The van der Waals surface area contributed by atoms with Crippen molar-refractivity contribution in [2.75, 3.05) is 6.54 Å². The van der Waals surface area contributed by atoms with Crippen LogP contribution >= 0.6 is 22.9 Å². The number of aromatic nitrogens is 2. The fraction of sp³-hybridized carbons (Fsp3) is 0.545. The first-order valence-corrected chi connectivity index (χ1v) is 8.84. The van der Waals surface area contributed by atoms with Crippen molar-refractivity contribution in [2.45, 2.75) is 31.4 Å². The SMILES string of the molecule is CC(C)CC(O)CNS(=O)(=O)c1c(Cl)nc2sccn12. The summed E-state index contributed by atoms with van der Waals surface area (Å²) >= 11 is 7.18. The quantitative estimate of drug-likeness (QED) is 0.841. The van der Waals surface area contributed by atoms with Crippen LogP contribution in [-0.2, 0) is 10.0 Å². The number of halogens is 1. The fourth-order valence-electron chi connectivity index (χ4n) is 1.88. The molecule has 9 heteroatoms. The van der Waals surface area contributed by atoms with Gasteiger partial charge < -0.3 is 5.11 Å². The van der Waals surface area contributed by atoms with Crippen LogP contribution in [0.2, 0.25) is 5.15 Å². The van der Waals surface area contributed by atoms with Crippen LogP contribution in [0.15, 0.2) is 16.6 Å². The number of imidazole rings is 1. The van der Waals surface area contributed by atoms with Crippen LogP contribution in [-0.4, -0.2) is 35.6 Å². The van der Waals surface area contributed by atoms with E-state index in [0.717, 1.165) is 0 Å². The number of thiazole rings is 1. The molecule has 2 aromatic heterocycles. The third kappa shape index (κ3) is 3.32.